The fourth-order valence-electron chi connectivity index (χ4n) is 2.33. The normalized spacial score (nSPS) is 19.6. The summed E-state index contributed by atoms with van der Waals surface area (Å²) in [7, 11) is 0. The number of halogens is 3. The third-order valence-corrected chi connectivity index (χ3v) is 3.67. The highest BCUT2D eigenvalue weighted by molar-refractivity contribution is 5.27. The van der Waals surface area contributed by atoms with Crippen molar-refractivity contribution in [2.45, 2.75) is 32.0 Å². The summed E-state index contributed by atoms with van der Waals surface area (Å²) in [5.41, 5.74) is 2.90. The predicted octanol–water partition coefficient (Wildman–Crippen LogP) is 3.26. The van der Waals surface area contributed by atoms with Crippen molar-refractivity contribution >= 4 is 0 Å². The van der Waals surface area contributed by atoms with Gasteiger partial charge in [-0.1, -0.05) is 19.1 Å². The van der Waals surface area contributed by atoms with E-state index in [0.717, 1.165) is 17.7 Å². The van der Waals surface area contributed by atoms with Gasteiger partial charge < -0.3 is 0 Å². The Morgan fingerprint density at radius 3 is 2.17 bits per heavy atom. The summed E-state index contributed by atoms with van der Waals surface area (Å²) in [5.74, 6) is 6.50. The van der Waals surface area contributed by atoms with Gasteiger partial charge in [-0.2, -0.15) is 13.2 Å². The minimum Gasteiger partial charge on any atom is -0.271 e. The zero-order valence-electron chi connectivity index (χ0n) is 10.2. The zero-order valence-corrected chi connectivity index (χ0v) is 10.2. The van der Waals surface area contributed by atoms with E-state index in [1.54, 1.807) is 0 Å². The standard InChI is InChI=1S/C13H17F3N2/c1-8(9-2-3-9)12(18-17)10-4-6-11(7-5-10)13(14,15)16/h4-9,12,18H,2-3,17H2,1H3. The van der Waals surface area contributed by atoms with Gasteiger partial charge in [0.1, 0.15) is 0 Å². The lowest BCUT2D eigenvalue weighted by molar-refractivity contribution is -0.137. The average molecular weight is 258 g/mol. The third kappa shape index (κ3) is 2.84. The number of hydrogen-bond donors (Lipinski definition) is 2. The maximum atomic E-state index is 12.5. The van der Waals surface area contributed by atoms with Crippen molar-refractivity contribution in [3.05, 3.63) is 35.4 Å². The molecule has 2 nitrogen and oxygen atoms in total. The third-order valence-electron chi connectivity index (χ3n) is 3.67. The predicted molar refractivity (Wildman–Crippen MR) is 63.4 cm³/mol. The van der Waals surface area contributed by atoms with E-state index in [2.05, 4.69) is 12.3 Å². The topological polar surface area (TPSA) is 38.0 Å². The second-order valence-corrected chi connectivity index (χ2v) is 4.96. The Bertz CT molecular complexity index is 396. The number of nitrogens with one attached hydrogen (secondary N) is 1. The van der Waals surface area contributed by atoms with Crippen molar-refractivity contribution in [1.29, 1.82) is 0 Å². The first-order chi connectivity index (χ1) is 8.43. The van der Waals surface area contributed by atoms with Crippen LogP contribution in [0.2, 0.25) is 0 Å². The molecule has 1 aromatic carbocycles. The average Bonchev–Trinajstić information content (AvgIpc) is 3.13. The molecule has 1 fully saturated rings. The van der Waals surface area contributed by atoms with Crippen LogP contribution in [0.15, 0.2) is 24.3 Å². The first-order valence-corrected chi connectivity index (χ1v) is 6.06. The van der Waals surface area contributed by atoms with Gasteiger partial charge in [0.05, 0.1) is 5.56 Å². The molecule has 0 heterocycles. The summed E-state index contributed by atoms with van der Waals surface area (Å²) in [5, 5.41) is 0. The second-order valence-electron chi connectivity index (χ2n) is 4.96. The van der Waals surface area contributed by atoms with E-state index in [1.807, 2.05) is 0 Å². The van der Waals surface area contributed by atoms with Crippen LogP contribution in [0.4, 0.5) is 13.2 Å². The van der Waals surface area contributed by atoms with Crippen molar-refractivity contribution in [1.82, 2.24) is 5.43 Å². The maximum Gasteiger partial charge on any atom is 0.416 e. The molecule has 0 bridgehead atoms. The molecule has 5 heteroatoms. The minimum absolute atomic E-state index is 0.0835. The maximum absolute atomic E-state index is 12.5. The van der Waals surface area contributed by atoms with Crippen molar-refractivity contribution in [2.24, 2.45) is 17.7 Å². The molecule has 1 saturated carbocycles. The second kappa shape index (κ2) is 4.90. The number of hydrogen-bond acceptors (Lipinski definition) is 2. The molecule has 2 unspecified atom stereocenters. The number of rotatable bonds is 4. The summed E-state index contributed by atoms with van der Waals surface area (Å²) in [6.45, 7) is 2.08. The summed E-state index contributed by atoms with van der Waals surface area (Å²) >= 11 is 0. The van der Waals surface area contributed by atoms with Crippen LogP contribution in [0, 0.1) is 11.8 Å². The highest BCUT2D eigenvalue weighted by atomic mass is 19.4. The number of hydrazine groups is 1. The van der Waals surface area contributed by atoms with E-state index >= 15 is 0 Å². The lowest BCUT2D eigenvalue weighted by Gasteiger charge is -2.23. The van der Waals surface area contributed by atoms with Crippen LogP contribution >= 0.6 is 0 Å². The molecule has 1 aliphatic rings. The summed E-state index contributed by atoms with van der Waals surface area (Å²) in [6, 6.07) is 5.15. The molecule has 2 atom stereocenters. The van der Waals surface area contributed by atoms with Crippen LogP contribution in [0.5, 0.6) is 0 Å². The Hall–Kier alpha value is -1.07. The molecule has 18 heavy (non-hydrogen) atoms. The summed E-state index contributed by atoms with van der Waals surface area (Å²) < 4.78 is 37.4. The van der Waals surface area contributed by atoms with Crippen molar-refractivity contribution in [2.75, 3.05) is 0 Å². The molecule has 0 saturated heterocycles. The Labute approximate surface area is 104 Å². The molecular weight excluding hydrogens is 241 g/mol. The number of benzene rings is 1. The highest BCUT2D eigenvalue weighted by Gasteiger charge is 2.34. The first kappa shape index (κ1) is 13.4. The Morgan fingerprint density at radius 1 is 1.22 bits per heavy atom. The van der Waals surface area contributed by atoms with Crippen LogP contribution in [0.25, 0.3) is 0 Å². The van der Waals surface area contributed by atoms with Crippen molar-refractivity contribution in [3.63, 3.8) is 0 Å². The molecule has 100 valence electrons. The Morgan fingerprint density at radius 2 is 1.78 bits per heavy atom. The van der Waals surface area contributed by atoms with Gasteiger partial charge in [-0.25, -0.2) is 0 Å². The van der Waals surface area contributed by atoms with E-state index in [-0.39, 0.29) is 6.04 Å². The smallest absolute Gasteiger partial charge is 0.271 e. The van der Waals surface area contributed by atoms with Crippen LogP contribution in [-0.4, -0.2) is 0 Å². The summed E-state index contributed by atoms with van der Waals surface area (Å²) in [4.78, 5) is 0. The molecule has 0 spiro atoms. The molecule has 1 aliphatic carbocycles. The Kier molecular flexibility index (Phi) is 3.64. The number of alkyl halides is 3. The van der Waals surface area contributed by atoms with Gasteiger partial charge in [0.2, 0.25) is 0 Å². The van der Waals surface area contributed by atoms with Crippen LogP contribution in [-0.2, 0) is 6.18 Å². The molecule has 0 radical (unpaired) electrons. The molecule has 1 aromatic rings. The minimum atomic E-state index is -4.29. The van der Waals surface area contributed by atoms with E-state index in [0.29, 0.717) is 11.8 Å². The van der Waals surface area contributed by atoms with E-state index in [9.17, 15) is 13.2 Å². The molecule has 2 rings (SSSR count). The van der Waals surface area contributed by atoms with Gasteiger partial charge in [-0.15, -0.1) is 0 Å². The van der Waals surface area contributed by atoms with E-state index in [1.165, 1.54) is 25.0 Å². The Balaban J connectivity index is 2.16. The molecular formula is C13H17F3N2. The lowest BCUT2D eigenvalue weighted by Crippen LogP contribution is -2.33. The van der Waals surface area contributed by atoms with Crippen molar-refractivity contribution < 1.29 is 13.2 Å². The van der Waals surface area contributed by atoms with Crippen LogP contribution in [0.3, 0.4) is 0 Å². The largest absolute Gasteiger partial charge is 0.416 e. The highest BCUT2D eigenvalue weighted by Crippen LogP contribution is 2.42. The van der Waals surface area contributed by atoms with Gasteiger partial charge in [0.15, 0.2) is 0 Å². The van der Waals surface area contributed by atoms with Crippen molar-refractivity contribution in [3.8, 4) is 0 Å². The fourth-order valence-corrected chi connectivity index (χ4v) is 2.33. The molecule has 3 N–H and O–H groups in total. The van der Waals surface area contributed by atoms with E-state index in [4.69, 9.17) is 5.84 Å². The lowest BCUT2D eigenvalue weighted by atomic mass is 9.91. The monoisotopic (exact) mass is 258 g/mol. The SMILES string of the molecule is CC(C1CC1)C(NN)c1ccc(C(F)(F)F)cc1. The summed E-state index contributed by atoms with van der Waals surface area (Å²) in [6.07, 6.45) is -1.92. The van der Waals surface area contributed by atoms with Gasteiger partial charge in [0.25, 0.3) is 0 Å². The number of nitrogens with two attached hydrogens (primary N) is 1. The molecule has 0 aliphatic heterocycles. The van der Waals surface area contributed by atoms with Crippen LogP contribution < -0.4 is 11.3 Å². The zero-order chi connectivity index (χ0) is 13.3. The van der Waals surface area contributed by atoms with E-state index < -0.39 is 11.7 Å². The van der Waals surface area contributed by atoms with Crippen LogP contribution in [0.1, 0.15) is 36.9 Å². The molecule has 0 aromatic heterocycles. The van der Waals surface area contributed by atoms with Gasteiger partial charge in [0, 0.05) is 6.04 Å². The quantitative estimate of drug-likeness (QED) is 0.642. The van der Waals surface area contributed by atoms with Gasteiger partial charge in [-0.3, -0.25) is 11.3 Å². The van der Waals surface area contributed by atoms with Gasteiger partial charge in [-0.05, 0) is 42.4 Å². The first-order valence-electron chi connectivity index (χ1n) is 6.06. The fraction of sp³-hybridized carbons (Fsp3) is 0.538. The molecule has 0 amide bonds. The van der Waals surface area contributed by atoms with Gasteiger partial charge >= 0.3 is 6.18 Å².